The monoisotopic (exact) mass is 328 g/mol. The Hall–Kier alpha value is -1.36. The molecule has 23 heavy (non-hydrogen) atoms. The van der Waals surface area contributed by atoms with Crippen molar-refractivity contribution in [3.8, 4) is 0 Å². The Morgan fingerprint density at radius 2 is 1.78 bits per heavy atom. The maximum Gasteiger partial charge on any atom is 0.333 e. The Morgan fingerprint density at radius 1 is 1.13 bits per heavy atom. The molecule has 0 aliphatic carbocycles. The third kappa shape index (κ3) is 11.8. The number of ether oxygens (including phenoxy) is 2. The summed E-state index contributed by atoms with van der Waals surface area (Å²) >= 11 is 0. The molecular formula is C18H32O5. The molecule has 1 unspecified atom stereocenters. The highest BCUT2D eigenvalue weighted by Crippen LogP contribution is 2.11. The number of carbonyl (C=O) groups is 2. The lowest BCUT2D eigenvalue weighted by Crippen LogP contribution is -2.28. The van der Waals surface area contributed by atoms with Gasteiger partial charge in [-0.3, -0.25) is 4.79 Å². The predicted molar refractivity (Wildman–Crippen MR) is 89.9 cm³/mol. The predicted octanol–water partition coefficient (Wildman–Crippen LogP) is 3.40. The van der Waals surface area contributed by atoms with Crippen molar-refractivity contribution in [2.45, 2.75) is 72.3 Å². The Balaban J connectivity index is 3.82. The lowest BCUT2D eigenvalue weighted by atomic mass is 10.0. The second kappa shape index (κ2) is 13.1. The van der Waals surface area contributed by atoms with E-state index in [0.717, 1.165) is 25.2 Å². The van der Waals surface area contributed by atoms with Gasteiger partial charge in [-0.05, 0) is 26.2 Å². The Bertz CT molecular complexity index is 374. The number of rotatable bonds is 12. The van der Waals surface area contributed by atoms with Gasteiger partial charge in [-0.25, -0.2) is 4.79 Å². The minimum Gasteiger partial charge on any atom is -0.462 e. The van der Waals surface area contributed by atoms with Gasteiger partial charge in [0.05, 0.1) is 6.61 Å². The molecule has 1 atom stereocenters. The second-order valence-electron chi connectivity index (χ2n) is 6.21. The summed E-state index contributed by atoms with van der Waals surface area (Å²) in [5.74, 6) is -0.0943. The van der Waals surface area contributed by atoms with Gasteiger partial charge in [-0.2, -0.15) is 0 Å². The van der Waals surface area contributed by atoms with Crippen LogP contribution in [0.2, 0.25) is 0 Å². The first-order valence-electron chi connectivity index (χ1n) is 8.51. The van der Waals surface area contributed by atoms with Crippen molar-refractivity contribution in [2.24, 2.45) is 5.92 Å². The average Bonchev–Trinajstić information content (AvgIpc) is 2.53. The fraction of sp³-hybridized carbons (Fsp3) is 0.778. The fourth-order valence-electron chi connectivity index (χ4n) is 1.92. The SMILES string of the molecule is CC=C(C)C(=O)OC(CO)COC(=O)CCCCCCC(C)C. The molecule has 0 aromatic carbocycles. The summed E-state index contributed by atoms with van der Waals surface area (Å²) in [6.07, 6.45) is 6.54. The molecule has 5 heteroatoms. The number of aliphatic hydroxyl groups is 1. The van der Waals surface area contributed by atoms with Gasteiger partial charge in [0.15, 0.2) is 6.10 Å². The molecule has 134 valence electrons. The molecule has 0 spiro atoms. The molecule has 0 aromatic rings. The van der Waals surface area contributed by atoms with Crippen LogP contribution in [-0.4, -0.2) is 36.4 Å². The van der Waals surface area contributed by atoms with Crippen LogP contribution >= 0.6 is 0 Å². The highest BCUT2D eigenvalue weighted by Gasteiger charge is 2.16. The summed E-state index contributed by atoms with van der Waals surface area (Å²) < 4.78 is 10.1. The number of esters is 2. The van der Waals surface area contributed by atoms with Crippen molar-refractivity contribution in [2.75, 3.05) is 13.2 Å². The average molecular weight is 328 g/mol. The van der Waals surface area contributed by atoms with Crippen molar-refractivity contribution in [3.63, 3.8) is 0 Å². The van der Waals surface area contributed by atoms with Crippen molar-refractivity contribution in [1.29, 1.82) is 0 Å². The maximum absolute atomic E-state index is 11.6. The van der Waals surface area contributed by atoms with E-state index < -0.39 is 12.1 Å². The highest BCUT2D eigenvalue weighted by molar-refractivity contribution is 5.87. The van der Waals surface area contributed by atoms with Gasteiger partial charge in [0.1, 0.15) is 6.61 Å². The Labute approximate surface area is 140 Å². The fourth-order valence-corrected chi connectivity index (χ4v) is 1.92. The molecule has 0 rings (SSSR count). The summed E-state index contributed by atoms with van der Waals surface area (Å²) in [7, 11) is 0. The van der Waals surface area contributed by atoms with Gasteiger partial charge in [0.2, 0.25) is 0 Å². The van der Waals surface area contributed by atoms with E-state index in [4.69, 9.17) is 9.47 Å². The van der Waals surface area contributed by atoms with E-state index in [1.807, 2.05) is 0 Å². The molecule has 0 radical (unpaired) electrons. The van der Waals surface area contributed by atoms with Gasteiger partial charge in [-0.1, -0.05) is 45.6 Å². The first-order valence-corrected chi connectivity index (χ1v) is 8.51. The number of allylic oxidation sites excluding steroid dienone is 1. The minimum absolute atomic E-state index is 0.106. The Morgan fingerprint density at radius 3 is 2.35 bits per heavy atom. The first-order chi connectivity index (χ1) is 10.9. The number of aliphatic hydroxyl groups excluding tert-OH is 1. The zero-order valence-corrected chi connectivity index (χ0v) is 15.0. The van der Waals surface area contributed by atoms with Crippen LogP contribution in [-0.2, 0) is 19.1 Å². The number of hydrogen-bond acceptors (Lipinski definition) is 5. The van der Waals surface area contributed by atoms with E-state index in [1.54, 1.807) is 19.9 Å². The van der Waals surface area contributed by atoms with Crippen LogP contribution in [0.4, 0.5) is 0 Å². The third-order valence-electron chi connectivity index (χ3n) is 3.57. The van der Waals surface area contributed by atoms with Crippen LogP contribution in [0.3, 0.4) is 0 Å². The van der Waals surface area contributed by atoms with E-state index in [0.29, 0.717) is 12.0 Å². The molecule has 1 N–H and O–H groups in total. The summed E-state index contributed by atoms with van der Waals surface area (Å²) in [5, 5.41) is 9.17. The van der Waals surface area contributed by atoms with Gasteiger partial charge >= 0.3 is 11.9 Å². The molecule has 0 amide bonds. The van der Waals surface area contributed by atoms with Crippen molar-refractivity contribution < 1.29 is 24.2 Å². The molecule has 0 aliphatic heterocycles. The summed E-state index contributed by atoms with van der Waals surface area (Å²) in [6.45, 7) is 7.30. The molecule has 0 heterocycles. The quantitative estimate of drug-likeness (QED) is 0.338. The molecular weight excluding hydrogens is 296 g/mol. The normalized spacial score (nSPS) is 13.0. The molecule has 0 saturated heterocycles. The maximum atomic E-state index is 11.6. The van der Waals surface area contributed by atoms with Crippen LogP contribution in [0.15, 0.2) is 11.6 Å². The largest absolute Gasteiger partial charge is 0.462 e. The van der Waals surface area contributed by atoms with Crippen molar-refractivity contribution >= 4 is 11.9 Å². The lowest BCUT2D eigenvalue weighted by Gasteiger charge is -2.15. The summed E-state index contributed by atoms with van der Waals surface area (Å²) in [5.41, 5.74) is 0.455. The molecule has 5 nitrogen and oxygen atoms in total. The van der Waals surface area contributed by atoms with Crippen molar-refractivity contribution in [1.82, 2.24) is 0 Å². The topological polar surface area (TPSA) is 72.8 Å². The number of carbonyl (C=O) groups excluding carboxylic acids is 2. The second-order valence-corrected chi connectivity index (χ2v) is 6.21. The molecule has 0 aliphatic rings. The van der Waals surface area contributed by atoms with E-state index in [-0.39, 0.29) is 19.2 Å². The van der Waals surface area contributed by atoms with Crippen LogP contribution in [0.1, 0.15) is 66.2 Å². The first kappa shape index (κ1) is 21.6. The van der Waals surface area contributed by atoms with Crippen LogP contribution < -0.4 is 0 Å². The van der Waals surface area contributed by atoms with Gasteiger partial charge in [0, 0.05) is 12.0 Å². The standard InChI is InChI=1S/C18H32O5/c1-5-15(4)18(21)23-16(12-19)13-22-17(20)11-9-7-6-8-10-14(2)3/h5,14,16,19H,6-13H2,1-4H3. The minimum atomic E-state index is -0.813. The highest BCUT2D eigenvalue weighted by atomic mass is 16.6. The van der Waals surface area contributed by atoms with Crippen LogP contribution in [0, 0.1) is 5.92 Å². The molecule has 0 aromatic heterocycles. The smallest absolute Gasteiger partial charge is 0.333 e. The van der Waals surface area contributed by atoms with E-state index in [2.05, 4.69) is 13.8 Å². The molecule has 0 saturated carbocycles. The summed E-state index contributed by atoms with van der Waals surface area (Å²) in [6, 6.07) is 0. The Kier molecular flexibility index (Phi) is 12.3. The lowest BCUT2D eigenvalue weighted by molar-refractivity contribution is -0.158. The summed E-state index contributed by atoms with van der Waals surface area (Å²) in [4.78, 5) is 23.2. The van der Waals surface area contributed by atoms with Crippen LogP contribution in [0.25, 0.3) is 0 Å². The van der Waals surface area contributed by atoms with E-state index in [9.17, 15) is 14.7 Å². The van der Waals surface area contributed by atoms with E-state index >= 15 is 0 Å². The van der Waals surface area contributed by atoms with E-state index in [1.165, 1.54) is 12.8 Å². The zero-order valence-electron chi connectivity index (χ0n) is 15.0. The van der Waals surface area contributed by atoms with Crippen LogP contribution in [0.5, 0.6) is 0 Å². The zero-order chi connectivity index (χ0) is 17.7. The van der Waals surface area contributed by atoms with Crippen molar-refractivity contribution in [3.05, 3.63) is 11.6 Å². The van der Waals surface area contributed by atoms with Gasteiger partial charge in [0.25, 0.3) is 0 Å². The molecule has 0 bridgehead atoms. The van der Waals surface area contributed by atoms with Gasteiger partial charge < -0.3 is 14.6 Å². The number of unbranched alkanes of at least 4 members (excludes halogenated alkanes) is 3. The van der Waals surface area contributed by atoms with Gasteiger partial charge in [-0.15, -0.1) is 0 Å². The molecule has 0 fully saturated rings. The number of hydrogen-bond donors (Lipinski definition) is 1. The third-order valence-corrected chi connectivity index (χ3v) is 3.57.